The Morgan fingerprint density at radius 2 is 1.04 bits per heavy atom. The second-order valence-corrected chi connectivity index (χ2v) is 6.47. The number of ether oxygens (including phenoxy) is 4. The van der Waals surface area contributed by atoms with Gasteiger partial charge in [0.25, 0.3) is 0 Å². The number of carbonyl (C=O) groups excluding carboxylic acids is 4. The molecule has 2 fully saturated rings. The lowest BCUT2D eigenvalue weighted by molar-refractivity contribution is -0.178. The molecule has 4 unspecified atom stereocenters. The fourth-order valence-electron chi connectivity index (χ4n) is 4.73. The maximum Gasteiger partial charge on any atom is 0.310 e. The van der Waals surface area contributed by atoms with E-state index in [1.54, 1.807) is 6.92 Å². The summed E-state index contributed by atoms with van der Waals surface area (Å²) in [7, 11) is 4.87. The zero-order chi connectivity index (χ0) is 18.2. The third-order valence-electron chi connectivity index (χ3n) is 5.59. The van der Waals surface area contributed by atoms with Crippen molar-refractivity contribution in [2.24, 2.45) is 35.0 Å². The number of methoxy groups -OCH3 is 4. The lowest BCUT2D eigenvalue weighted by Gasteiger charge is -2.41. The number of esters is 4. The fourth-order valence-corrected chi connectivity index (χ4v) is 4.73. The highest BCUT2D eigenvalue weighted by Crippen LogP contribution is 2.66. The van der Waals surface area contributed by atoms with Crippen molar-refractivity contribution in [2.45, 2.75) is 13.3 Å². The summed E-state index contributed by atoms with van der Waals surface area (Å²) in [6.07, 6.45) is 0.325. The standard InChI is InChI=1S/C16H22O8/c1-16-6-7(8(12(17)21-2)10(16)14(19)23-4)9(13(18)22-3)11(16)15(20)24-5/h7-11H,6H2,1-5H3. The Morgan fingerprint density at radius 3 is 1.33 bits per heavy atom. The largest absolute Gasteiger partial charge is 0.469 e. The molecular formula is C16H22O8. The van der Waals surface area contributed by atoms with Crippen LogP contribution in [0.1, 0.15) is 13.3 Å². The van der Waals surface area contributed by atoms with Crippen LogP contribution < -0.4 is 0 Å². The molecule has 0 spiro atoms. The van der Waals surface area contributed by atoms with Crippen molar-refractivity contribution >= 4 is 23.9 Å². The van der Waals surface area contributed by atoms with E-state index in [0.717, 1.165) is 0 Å². The highest BCUT2D eigenvalue weighted by molar-refractivity contribution is 5.91. The average Bonchev–Trinajstić information content (AvgIpc) is 3.06. The second kappa shape index (κ2) is 6.41. The van der Waals surface area contributed by atoms with Crippen molar-refractivity contribution in [1.29, 1.82) is 0 Å². The normalized spacial score (nSPS) is 36.8. The van der Waals surface area contributed by atoms with Crippen LogP contribution in [0, 0.1) is 35.0 Å². The van der Waals surface area contributed by atoms with E-state index in [1.165, 1.54) is 28.4 Å². The first-order valence-corrected chi connectivity index (χ1v) is 7.59. The van der Waals surface area contributed by atoms with E-state index in [0.29, 0.717) is 6.42 Å². The van der Waals surface area contributed by atoms with E-state index in [4.69, 9.17) is 18.9 Å². The molecule has 0 radical (unpaired) electrons. The summed E-state index contributed by atoms with van der Waals surface area (Å²) in [4.78, 5) is 49.3. The molecule has 0 heterocycles. The quantitative estimate of drug-likeness (QED) is 0.526. The highest BCUT2D eigenvalue weighted by atomic mass is 16.5. The summed E-state index contributed by atoms with van der Waals surface area (Å²) in [5.74, 6) is -6.46. The Kier molecular flexibility index (Phi) is 4.87. The van der Waals surface area contributed by atoms with Crippen LogP contribution in [-0.2, 0) is 38.1 Å². The van der Waals surface area contributed by atoms with E-state index in [2.05, 4.69) is 0 Å². The zero-order valence-electron chi connectivity index (χ0n) is 14.4. The lowest BCUT2D eigenvalue weighted by atomic mass is 9.61. The van der Waals surface area contributed by atoms with Crippen LogP contribution in [0.2, 0.25) is 0 Å². The van der Waals surface area contributed by atoms with Crippen molar-refractivity contribution in [1.82, 2.24) is 0 Å². The average molecular weight is 342 g/mol. The zero-order valence-corrected chi connectivity index (χ0v) is 14.4. The molecule has 0 aromatic heterocycles. The minimum Gasteiger partial charge on any atom is -0.469 e. The van der Waals surface area contributed by atoms with Gasteiger partial charge in [0.2, 0.25) is 0 Å². The number of carbonyl (C=O) groups is 4. The van der Waals surface area contributed by atoms with Gasteiger partial charge in [-0.1, -0.05) is 6.92 Å². The molecule has 4 atom stereocenters. The van der Waals surface area contributed by atoms with Gasteiger partial charge in [0, 0.05) is 0 Å². The Morgan fingerprint density at radius 1 is 0.708 bits per heavy atom. The van der Waals surface area contributed by atoms with Gasteiger partial charge >= 0.3 is 23.9 Å². The monoisotopic (exact) mass is 342 g/mol. The van der Waals surface area contributed by atoms with Crippen molar-refractivity contribution in [3.63, 3.8) is 0 Å². The van der Waals surface area contributed by atoms with Gasteiger partial charge in [-0.15, -0.1) is 0 Å². The SMILES string of the molecule is COC(=O)C1C2CC(C)(C1C(=O)OC)C(C(=O)OC)C2C(=O)OC. The maximum atomic E-state index is 12.3. The molecule has 0 aromatic carbocycles. The number of fused-ring (bicyclic) bond motifs is 2. The molecule has 2 rings (SSSR count). The van der Waals surface area contributed by atoms with E-state index in [1.807, 2.05) is 0 Å². The van der Waals surface area contributed by atoms with Crippen LogP contribution in [0.4, 0.5) is 0 Å². The third kappa shape index (κ3) is 2.35. The predicted octanol–water partition coefficient (Wildman–Crippen LogP) is 0.183. The van der Waals surface area contributed by atoms with E-state index in [-0.39, 0.29) is 0 Å². The minimum absolute atomic E-state index is 0.325. The molecule has 0 saturated heterocycles. The summed E-state index contributed by atoms with van der Waals surface area (Å²) >= 11 is 0. The molecule has 2 aliphatic rings. The van der Waals surface area contributed by atoms with Crippen molar-refractivity contribution in [3.05, 3.63) is 0 Å². The van der Waals surface area contributed by atoms with Crippen LogP contribution >= 0.6 is 0 Å². The molecule has 8 nitrogen and oxygen atoms in total. The summed E-state index contributed by atoms with van der Waals surface area (Å²) in [5.41, 5.74) is -0.956. The first-order valence-electron chi connectivity index (χ1n) is 7.59. The van der Waals surface area contributed by atoms with Gasteiger partial charge < -0.3 is 18.9 Å². The van der Waals surface area contributed by atoms with E-state index in [9.17, 15) is 19.2 Å². The molecule has 0 aromatic rings. The van der Waals surface area contributed by atoms with Crippen molar-refractivity contribution < 1.29 is 38.1 Å². The van der Waals surface area contributed by atoms with Crippen molar-refractivity contribution in [3.8, 4) is 0 Å². The number of rotatable bonds is 4. The predicted molar refractivity (Wildman–Crippen MR) is 78.2 cm³/mol. The van der Waals surface area contributed by atoms with Crippen LogP contribution in [0.15, 0.2) is 0 Å². The van der Waals surface area contributed by atoms with Crippen LogP contribution in [0.3, 0.4) is 0 Å². The second-order valence-electron chi connectivity index (χ2n) is 6.47. The molecule has 0 aliphatic heterocycles. The first kappa shape index (κ1) is 18.2. The Bertz CT molecular complexity index is 524. The fraction of sp³-hybridized carbons (Fsp3) is 0.750. The Labute approximate surface area is 139 Å². The molecule has 0 amide bonds. The van der Waals surface area contributed by atoms with Gasteiger partial charge in [0.05, 0.1) is 52.1 Å². The molecule has 134 valence electrons. The minimum atomic E-state index is -0.956. The number of hydrogen-bond donors (Lipinski definition) is 0. The molecule has 0 N–H and O–H groups in total. The van der Waals surface area contributed by atoms with E-state index >= 15 is 0 Å². The summed E-state index contributed by atoms with van der Waals surface area (Å²) in [6, 6.07) is 0. The molecular weight excluding hydrogens is 320 g/mol. The van der Waals surface area contributed by atoms with Gasteiger partial charge in [0.1, 0.15) is 0 Å². The lowest BCUT2D eigenvalue weighted by Crippen LogP contribution is -2.52. The summed E-state index contributed by atoms with van der Waals surface area (Å²) in [5, 5.41) is 0. The van der Waals surface area contributed by atoms with Gasteiger partial charge in [-0.2, -0.15) is 0 Å². The maximum absolute atomic E-state index is 12.3. The number of hydrogen-bond acceptors (Lipinski definition) is 8. The third-order valence-corrected chi connectivity index (χ3v) is 5.59. The molecule has 2 bridgehead atoms. The van der Waals surface area contributed by atoms with Crippen LogP contribution in [0.25, 0.3) is 0 Å². The highest BCUT2D eigenvalue weighted by Gasteiger charge is 2.73. The molecule has 24 heavy (non-hydrogen) atoms. The van der Waals surface area contributed by atoms with Gasteiger partial charge in [-0.05, 0) is 17.8 Å². The molecule has 2 aliphatic carbocycles. The molecule has 2 saturated carbocycles. The Balaban J connectivity index is 2.57. The van der Waals surface area contributed by atoms with Gasteiger partial charge in [0.15, 0.2) is 0 Å². The van der Waals surface area contributed by atoms with E-state index < -0.39 is 58.9 Å². The smallest absolute Gasteiger partial charge is 0.310 e. The van der Waals surface area contributed by atoms with Gasteiger partial charge in [-0.3, -0.25) is 19.2 Å². The Hall–Kier alpha value is -2.12. The summed E-state index contributed by atoms with van der Waals surface area (Å²) in [6.45, 7) is 1.70. The van der Waals surface area contributed by atoms with Crippen LogP contribution in [-0.4, -0.2) is 52.3 Å². The molecule has 8 heteroatoms. The van der Waals surface area contributed by atoms with Gasteiger partial charge in [-0.25, -0.2) is 0 Å². The summed E-state index contributed by atoms with van der Waals surface area (Å²) < 4.78 is 19.3. The van der Waals surface area contributed by atoms with Crippen molar-refractivity contribution in [2.75, 3.05) is 28.4 Å². The first-order chi connectivity index (χ1) is 11.3. The van der Waals surface area contributed by atoms with Crippen LogP contribution in [0.5, 0.6) is 0 Å². The topological polar surface area (TPSA) is 105 Å².